The fourth-order valence-corrected chi connectivity index (χ4v) is 4.10. The molecule has 1 N–H and O–H groups in total. The third-order valence-corrected chi connectivity index (χ3v) is 5.21. The molecule has 2 aliphatic heterocycles. The number of pyridine rings is 1. The molecule has 1 amide bonds. The van der Waals surface area contributed by atoms with E-state index in [9.17, 15) is 4.79 Å². The Bertz CT molecular complexity index is 757. The number of rotatable bonds is 1. The van der Waals surface area contributed by atoms with Crippen LogP contribution in [-0.4, -0.2) is 41.0 Å². The van der Waals surface area contributed by atoms with Crippen molar-refractivity contribution >= 4 is 16.8 Å². The quantitative estimate of drug-likeness (QED) is 0.881. The lowest BCUT2D eigenvalue weighted by molar-refractivity contribution is 0.0682. The number of fused-ring (bicyclic) bond motifs is 3. The van der Waals surface area contributed by atoms with E-state index in [1.807, 2.05) is 19.1 Å². The van der Waals surface area contributed by atoms with Gasteiger partial charge in [-0.25, -0.2) is 0 Å². The second kappa shape index (κ2) is 5.60. The molecule has 0 saturated carbocycles. The van der Waals surface area contributed by atoms with Gasteiger partial charge in [0.05, 0.1) is 11.1 Å². The molecule has 0 unspecified atom stereocenters. The van der Waals surface area contributed by atoms with Crippen molar-refractivity contribution < 1.29 is 4.79 Å². The Morgan fingerprint density at radius 3 is 2.87 bits per heavy atom. The van der Waals surface area contributed by atoms with Crippen LogP contribution in [0.3, 0.4) is 0 Å². The van der Waals surface area contributed by atoms with Crippen LogP contribution >= 0.6 is 0 Å². The van der Waals surface area contributed by atoms with Gasteiger partial charge in [0, 0.05) is 29.7 Å². The highest BCUT2D eigenvalue weighted by molar-refractivity contribution is 6.06. The summed E-state index contributed by atoms with van der Waals surface area (Å²) in [6, 6.07) is 8.85. The molecule has 1 aromatic carbocycles. The lowest BCUT2D eigenvalue weighted by Crippen LogP contribution is -2.42. The number of carbonyl (C=O) groups is 1. The molecule has 0 radical (unpaired) electrons. The largest absolute Gasteiger partial charge is 0.331 e. The van der Waals surface area contributed by atoms with Crippen molar-refractivity contribution in [1.29, 1.82) is 0 Å². The first-order chi connectivity index (χ1) is 11.1. The molecule has 2 aliphatic rings. The summed E-state index contributed by atoms with van der Waals surface area (Å²) in [6.07, 6.45) is 3.31. The number of nitrogens with one attached hydrogen (secondary N) is 1. The lowest BCUT2D eigenvalue weighted by atomic mass is 10.0. The summed E-state index contributed by atoms with van der Waals surface area (Å²) in [7, 11) is 0. The highest BCUT2D eigenvalue weighted by Gasteiger charge is 2.38. The predicted octanol–water partition coefficient (Wildman–Crippen LogP) is 2.82. The number of aryl methyl sites for hydroxylation is 2. The minimum atomic E-state index is 0.183. The number of amides is 1. The van der Waals surface area contributed by atoms with Crippen LogP contribution in [0, 0.1) is 13.8 Å². The van der Waals surface area contributed by atoms with Crippen LogP contribution < -0.4 is 5.32 Å². The van der Waals surface area contributed by atoms with E-state index in [0.717, 1.165) is 60.1 Å². The Labute approximate surface area is 136 Å². The normalized spacial score (nSPS) is 24.0. The predicted molar refractivity (Wildman–Crippen MR) is 91.7 cm³/mol. The van der Waals surface area contributed by atoms with Crippen molar-refractivity contribution in [3.05, 3.63) is 41.1 Å². The van der Waals surface area contributed by atoms with Gasteiger partial charge < -0.3 is 10.2 Å². The topological polar surface area (TPSA) is 45.2 Å². The number of hydrogen-bond donors (Lipinski definition) is 1. The molecule has 3 heterocycles. The smallest absolute Gasteiger partial charge is 0.255 e. The highest BCUT2D eigenvalue weighted by atomic mass is 16.2. The SMILES string of the molecule is Cc1ccc2nc(C)cc(C(=O)N3[C@@H]4CCNC[C@H]3CC4)c2c1. The van der Waals surface area contributed by atoms with Crippen LogP contribution in [0.5, 0.6) is 0 Å². The van der Waals surface area contributed by atoms with Gasteiger partial charge >= 0.3 is 0 Å². The average molecular weight is 309 g/mol. The van der Waals surface area contributed by atoms with Crippen molar-refractivity contribution in [2.45, 2.75) is 45.2 Å². The Balaban J connectivity index is 1.82. The van der Waals surface area contributed by atoms with E-state index >= 15 is 0 Å². The molecule has 0 aliphatic carbocycles. The Hall–Kier alpha value is -1.94. The van der Waals surface area contributed by atoms with Crippen LogP contribution in [-0.2, 0) is 0 Å². The second-order valence-corrected chi connectivity index (χ2v) is 6.92. The maximum absolute atomic E-state index is 13.4. The van der Waals surface area contributed by atoms with E-state index in [4.69, 9.17) is 0 Å². The monoisotopic (exact) mass is 309 g/mol. The molecule has 1 aromatic heterocycles. The van der Waals surface area contributed by atoms with Gasteiger partial charge in [0.25, 0.3) is 5.91 Å². The standard InChI is InChI=1S/C19H23N3O/c1-12-3-6-18-16(9-12)17(10-13(2)21-18)19(23)22-14-4-5-15(22)11-20-8-7-14/h3,6,9-10,14-15,20H,4-5,7-8,11H2,1-2H3/t14-,15+/m0/s1. The number of hydrogen-bond acceptors (Lipinski definition) is 3. The summed E-state index contributed by atoms with van der Waals surface area (Å²) in [5.74, 6) is 0.183. The van der Waals surface area contributed by atoms with Crippen molar-refractivity contribution in [1.82, 2.24) is 15.2 Å². The number of nitrogens with zero attached hydrogens (tertiary/aromatic N) is 2. The second-order valence-electron chi connectivity index (χ2n) is 6.92. The first-order valence-corrected chi connectivity index (χ1v) is 8.55. The molecule has 4 rings (SSSR count). The lowest BCUT2D eigenvalue weighted by Gasteiger charge is -2.28. The van der Waals surface area contributed by atoms with Crippen LogP contribution in [0.4, 0.5) is 0 Å². The Kier molecular flexibility index (Phi) is 3.57. The molecule has 2 atom stereocenters. The fraction of sp³-hybridized carbons (Fsp3) is 0.474. The molecule has 2 aromatic rings. The van der Waals surface area contributed by atoms with Crippen molar-refractivity contribution in [3.63, 3.8) is 0 Å². The van der Waals surface area contributed by atoms with E-state index < -0.39 is 0 Å². The zero-order valence-electron chi connectivity index (χ0n) is 13.8. The summed E-state index contributed by atoms with van der Waals surface area (Å²) >= 11 is 0. The van der Waals surface area contributed by atoms with Crippen LogP contribution in [0.15, 0.2) is 24.3 Å². The number of benzene rings is 1. The minimum Gasteiger partial charge on any atom is -0.331 e. The summed E-state index contributed by atoms with van der Waals surface area (Å²) in [5.41, 5.74) is 3.80. The van der Waals surface area contributed by atoms with Gasteiger partial charge in [-0.05, 0) is 57.9 Å². The molecule has 2 bridgehead atoms. The van der Waals surface area contributed by atoms with Crippen molar-refractivity contribution in [2.24, 2.45) is 0 Å². The average Bonchev–Trinajstić information content (AvgIpc) is 2.79. The van der Waals surface area contributed by atoms with Crippen LogP contribution in [0.25, 0.3) is 10.9 Å². The minimum absolute atomic E-state index is 0.183. The van der Waals surface area contributed by atoms with E-state index in [-0.39, 0.29) is 5.91 Å². The molecule has 2 saturated heterocycles. The van der Waals surface area contributed by atoms with E-state index in [1.54, 1.807) is 0 Å². The van der Waals surface area contributed by atoms with E-state index in [2.05, 4.69) is 34.3 Å². The van der Waals surface area contributed by atoms with Gasteiger partial charge in [-0.15, -0.1) is 0 Å². The molecule has 23 heavy (non-hydrogen) atoms. The van der Waals surface area contributed by atoms with Gasteiger partial charge in [-0.3, -0.25) is 9.78 Å². The van der Waals surface area contributed by atoms with Crippen molar-refractivity contribution in [2.75, 3.05) is 13.1 Å². The van der Waals surface area contributed by atoms with Crippen LogP contribution in [0.1, 0.15) is 40.9 Å². The molecular weight excluding hydrogens is 286 g/mol. The molecule has 4 heteroatoms. The number of carbonyl (C=O) groups excluding carboxylic acids is 1. The van der Waals surface area contributed by atoms with Gasteiger partial charge in [0.15, 0.2) is 0 Å². The summed E-state index contributed by atoms with van der Waals surface area (Å²) in [5, 5.41) is 4.45. The first kappa shape index (κ1) is 14.6. The molecule has 4 nitrogen and oxygen atoms in total. The van der Waals surface area contributed by atoms with Gasteiger partial charge in [0.1, 0.15) is 0 Å². The summed E-state index contributed by atoms with van der Waals surface area (Å²) in [4.78, 5) is 20.1. The number of aromatic nitrogens is 1. The summed E-state index contributed by atoms with van der Waals surface area (Å²) < 4.78 is 0. The zero-order valence-corrected chi connectivity index (χ0v) is 13.8. The Morgan fingerprint density at radius 2 is 2.00 bits per heavy atom. The third kappa shape index (κ3) is 2.51. The fourth-order valence-electron chi connectivity index (χ4n) is 4.10. The molecule has 2 fully saturated rings. The summed E-state index contributed by atoms with van der Waals surface area (Å²) in [6.45, 7) is 5.96. The molecule has 120 valence electrons. The van der Waals surface area contributed by atoms with Crippen LogP contribution in [0.2, 0.25) is 0 Å². The zero-order chi connectivity index (χ0) is 16.0. The Morgan fingerprint density at radius 1 is 1.17 bits per heavy atom. The van der Waals surface area contributed by atoms with E-state index in [1.165, 1.54) is 0 Å². The molecule has 0 spiro atoms. The van der Waals surface area contributed by atoms with E-state index in [0.29, 0.717) is 12.1 Å². The maximum atomic E-state index is 13.4. The van der Waals surface area contributed by atoms with Gasteiger partial charge in [0.2, 0.25) is 0 Å². The third-order valence-electron chi connectivity index (χ3n) is 5.21. The van der Waals surface area contributed by atoms with Gasteiger partial charge in [-0.1, -0.05) is 11.6 Å². The van der Waals surface area contributed by atoms with Gasteiger partial charge in [-0.2, -0.15) is 0 Å². The maximum Gasteiger partial charge on any atom is 0.255 e. The first-order valence-electron chi connectivity index (χ1n) is 8.55. The molecular formula is C19H23N3O. The highest BCUT2D eigenvalue weighted by Crippen LogP contribution is 2.31. The van der Waals surface area contributed by atoms with Crippen molar-refractivity contribution in [3.8, 4) is 0 Å².